The summed E-state index contributed by atoms with van der Waals surface area (Å²) < 4.78 is 2.03. The molecule has 0 aliphatic carbocycles. The number of hydrogen-bond donors (Lipinski definition) is 1. The second kappa shape index (κ2) is 7.34. The third-order valence-corrected chi connectivity index (χ3v) is 4.47. The van der Waals surface area contributed by atoms with Gasteiger partial charge in [0.1, 0.15) is 5.82 Å². The van der Waals surface area contributed by atoms with Crippen molar-refractivity contribution in [2.45, 2.75) is 33.7 Å². The molecule has 1 N–H and O–H groups in total. The molecular weight excluding hydrogens is 310 g/mol. The Hall–Kier alpha value is -2.88. The Kier molecular flexibility index (Phi) is 4.98. The molecule has 0 saturated carbocycles. The number of aryl methyl sites for hydroxylation is 3. The molecule has 25 heavy (non-hydrogen) atoms. The van der Waals surface area contributed by atoms with E-state index in [9.17, 15) is 4.79 Å². The van der Waals surface area contributed by atoms with E-state index in [0.29, 0.717) is 13.0 Å². The third kappa shape index (κ3) is 4.15. The van der Waals surface area contributed by atoms with Crippen LogP contribution in [0.5, 0.6) is 0 Å². The number of hydrogen-bond acceptors (Lipinski definition) is 2. The number of rotatable bonds is 5. The van der Waals surface area contributed by atoms with E-state index >= 15 is 0 Å². The van der Waals surface area contributed by atoms with Crippen molar-refractivity contribution in [3.8, 4) is 5.69 Å². The maximum atomic E-state index is 12.2. The summed E-state index contributed by atoms with van der Waals surface area (Å²) in [6.45, 7) is 6.65. The van der Waals surface area contributed by atoms with Gasteiger partial charge in [-0.05, 0) is 55.2 Å². The van der Waals surface area contributed by atoms with E-state index in [4.69, 9.17) is 0 Å². The second-order valence-corrected chi connectivity index (χ2v) is 6.38. The molecule has 0 atom stereocenters. The van der Waals surface area contributed by atoms with Crippen LogP contribution in [-0.4, -0.2) is 15.5 Å². The highest BCUT2D eigenvalue weighted by molar-refractivity contribution is 5.78. The first-order valence-corrected chi connectivity index (χ1v) is 8.45. The van der Waals surface area contributed by atoms with E-state index in [1.807, 2.05) is 48.0 Å². The molecular formula is C21H23N3O. The van der Waals surface area contributed by atoms with Crippen LogP contribution in [0.2, 0.25) is 0 Å². The van der Waals surface area contributed by atoms with E-state index in [1.54, 1.807) is 6.20 Å². The van der Waals surface area contributed by atoms with Crippen LogP contribution in [0.3, 0.4) is 0 Å². The Morgan fingerprint density at radius 3 is 2.36 bits per heavy atom. The lowest BCUT2D eigenvalue weighted by Crippen LogP contribution is -2.24. The summed E-state index contributed by atoms with van der Waals surface area (Å²) in [5.41, 5.74) is 5.66. The van der Waals surface area contributed by atoms with E-state index < -0.39 is 0 Å². The number of carbonyl (C=O) groups is 1. The minimum Gasteiger partial charge on any atom is -0.352 e. The zero-order valence-electron chi connectivity index (χ0n) is 14.9. The number of carbonyl (C=O) groups excluding carboxylic acids is 1. The fraction of sp³-hybridized carbons (Fsp3) is 0.238. The van der Waals surface area contributed by atoms with Crippen molar-refractivity contribution in [1.82, 2.24) is 14.9 Å². The summed E-state index contributed by atoms with van der Waals surface area (Å²) in [6, 6.07) is 14.3. The Bertz CT molecular complexity index is 878. The molecule has 0 radical (unpaired) electrons. The first-order valence-electron chi connectivity index (χ1n) is 8.45. The van der Waals surface area contributed by atoms with Crippen LogP contribution in [-0.2, 0) is 17.8 Å². The van der Waals surface area contributed by atoms with Crippen LogP contribution in [0, 0.1) is 20.8 Å². The average molecular weight is 333 g/mol. The number of benzene rings is 2. The van der Waals surface area contributed by atoms with Gasteiger partial charge in [0.25, 0.3) is 0 Å². The molecule has 0 spiro atoms. The lowest BCUT2D eigenvalue weighted by Gasteiger charge is -2.09. The van der Waals surface area contributed by atoms with Gasteiger partial charge < -0.3 is 9.88 Å². The fourth-order valence-electron chi connectivity index (χ4n) is 2.79. The molecule has 3 rings (SSSR count). The van der Waals surface area contributed by atoms with Crippen LogP contribution >= 0.6 is 0 Å². The maximum Gasteiger partial charge on any atom is 0.224 e. The Balaban J connectivity index is 1.57. The molecule has 128 valence electrons. The number of nitrogens with zero attached hydrogens (tertiary/aromatic N) is 2. The summed E-state index contributed by atoms with van der Waals surface area (Å²) in [6.07, 6.45) is 4.14. The van der Waals surface area contributed by atoms with Crippen molar-refractivity contribution in [3.05, 3.63) is 82.9 Å². The van der Waals surface area contributed by atoms with Crippen molar-refractivity contribution < 1.29 is 4.79 Å². The van der Waals surface area contributed by atoms with Crippen molar-refractivity contribution >= 4 is 5.91 Å². The monoisotopic (exact) mass is 333 g/mol. The quantitative estimate of drug-likeness (QED) is 0.774. The van der Waals surface area contributed by atoms with Crippen LogP contribution in [0.4, 0.5) is 0 Å². The summed E-state index contributed by atoms with van der Waals surface area (Å²) in [4.78, 5) is 16.4. The summed E-state index contributed by atoms with van der Waals surface area (Å²) in [7, 11) is 0. The normalized spacial score (nSPS) is 10.7. The topological polar surface area (TPSA) is 46.9 Å². The molecule has 0 saturated heterocycles. The van der Waals surface area contributed by atoms with Gasteiger partial charge in [-0.1, -0.05) is 30.3 Å². The summed E-state index contributed by atoms with van der Waals surface area (Å²) in [5, 5.41) is 2.99. The molecule has 4 heteroatoms. The van der Waals surface area contributed by atoms with Crippen LogP contribution in [0.15, 0.2) is 54.9 Å². The highest BCUT2D eigenvalue weighted by atomic mass is 16.1. The third-order valence-electron chi connectivity index (χ3n) is 4.47. The molecule has 0 aliphatic rings. The molecule has 3 aromatic rings. The van der Waals surface area contributed by atoms with Gasteiger partial charge in [0.15, 0.2) is 0 Å². The zero-order valence-corrected chi connectivity index (χ0v) is 14.9. The average Bonchev–Trinajstić information content (AvgIpc) is 3.03. The zero-order chi connectivity index (χ0) is 17.8. The van der Waals surface area contributed by atoms with Gasteiger partial charge in [-0.15, -0.1) is 0 Å². The predicted molar refractivity (Wildman–Crippen MR) is 99.8 cm³/mol. The SMILES string of the molecule is Cc1ccc(CC(=O)NCc2ccc(-n3ccnc3C)cc2)cc1C. The minimum atomic E-state index is 0.0396. The van der Waals surface area contributed by atoms with Gasteiger partial charge in [-0.25, -0.2) is 4.98 Å². The lowest BCUT2D eigenvalue weighted by molar-refractivity contribution is -0.120. The molecule has 0 bridgehead atoms. The molecule has 0 fully saturated rings. The molecule has 1 heterocycles. The smallest absolute Gasteiger partial charge is 0.224 e. The number of imidazole rings is 1. The van der Waals surface area contributed by atoms with Crippen molar-refractivity contribution in [2.24, 2.45) is 0 Å². The summed E-state index contributed by atoms with van der Waals surface area (Å²) >= 11 is 0. The van der Waals surface area contributed by atoms with Gasteiger partial charge in [0, 0.05) is 24.6 Å². The standard InChI is InChI=1S/C21H23N3O/c1-15-4-5-19(12-16(15)2)13-21(25)23-14-18-6-8-20(9-7-18)24-11-10-22-17(24)3/h4-12H,13-14H2,1-3H3,(H,23,25). The van der Waals surface area contributed by atoms with Crippen molar-refractivity contribution in [2.75, 3.05) is 0 Å². The molecule has 0 aliphatic heterocycles. The largest absolute Gasteiger partial charge is 0.352 e. The molecule has 0 unspecified atom stereocenters. The van der Waals surface area contributed by atoms with Crippen LogP contribution < -0.4 is 5.32 Å². The van der Waals surface area contributed by atoms with Gasteiger partial charge in [-0.3, -0.25) is 4.79 Å². The van der Waals surface area contributed by atoms with Crippen LogP contribution in [0.1, 0.15) is 28.1 Å². The van der Waals surface area contributed by atoms with Gasteiger partial charge >= 0.3 is 0 Å². The molecule has 2 aromatic carbocycles. The highest BCUT2D eigenvalue weighted by Crippen LogP contribution is 2.12. The Labute approximate surface area is 148 Å². The minimum absolute atomic E-state index is 0.0396. The van der Waals surface area contributed by atoms with Crippen molar-refractivity contribution in [1.29, 1.82) is 0 Å². The van der Waals surface area contributed by atoms with Crippen LogP contribution in [0.25, 0.3) is 5.69 Å². The summed E-state index contributed by atoms with van der Waals surface area (Å²) in [5.74, 6) is 0.993. The Morgan fingerprint density at radius 2 is 1.72 bits per heavy atom. The second-order valence-electron chi connectivity index (χ2n) is 6.38. The first kappa shape index (κ1) is 17.0. The number of nitrogens with one attached hydrogen (secondary N) is 1. The van der Waals surface area contributed by atoms with E-state index in [0.717, 1.165) is 22.6 Å². The van der Waals surface area contributed by atoms with E-state index in [2.05, 4.69) is 36.3 Å². The van der Waals surface area contributed by atoms with E-state index in [1.165, 1.54) is 11.1 Å². The van der Waals surface area contributed by atoms with Crippen molar-refractivity contribution in [3.63, 3.8) is 0 Å². The highest BCUT2D eigenvalue weighted by Gasteiger charge is 2.05. The van der Waals surface area contributed by atoms with E-state index in [-0.39, 0.29) is 5.91 Å². The van der Waals surface area contributed by atoms with Gasteiger partial charge in [0.05, 0.1) is 6.42 Å². The predicted octanol–water partition coefficient (Wildman–Crippen LogP) is 3.66. The Morgan fingerprint density at radius 1 is 1.00 bits per heavy atom. The number of amides is 1. The number of aromatic nitrogens is 2. The molecule has 4 nitrogen and oxygen atoms in total. The first-order chi connectivity index (χ1) is 12.0. The lowest BCUT2D eigenvalue weighted by atomic mass is 10.0. The molecule has 1 aromatic heterocycles. The maximum absolute atomic E-state index is 12.2. The van der Waals surface area contributed by atoms with Gasteiger partial charge in [0.2, 0.25) is 5.91 Å². The fourth-order valence-corrected chi connectivity index (χ4v) is 2.79. The molecule has 1 amide bonds. The van der Waals surface area contributed by atoms with Gasteiger partial charge in [-0.2, -0.15) is 0 Å².